The van der Waals surface area contributed by atoms with Crippen molar-refractivity contribution < 1.29 is 33.2 Å². The summed E-state index contributed by atoms with van der Waals surface area (Å²) in [5.74, 6) is 2.81. The molecule has 152 valence electrons. The molecule has 0 spiro atoms. The van der Waals surface area contributed by atoms with Gasteiger partial charge in [-0.05, 0) is 47.7 Å². The van der Waals surface area contributed by atoms with E-state index in [1.807, 2.05) is 18.2 Å². The Hall–Kier alpha value is -3.09. The Morgan fingerprint density at radius 2 is 1.62 bits per heavy atom. The molecule has 7 heteroatoms. The second-order valence-corrected chi connectivity index (χ2v) is 7.45. The number of rotatable bonds is 3. The smallest absolute Gasteiger partial charge is 0.309 e. The number of hydrogen-bond acceptors (Lipinski definition) is 7. The number of benzene rings is 2. The van der Waals surface area contributed by atoms with Crippen LogP contribution in [0.4, 0.5) is 0 Å². The summed E-state index contributed by atoms with van der Waals surface area (Å²) < 4.78 is 33.6. The zero-order valence-corrected chi connectivity index (χ0v) is 16.6. The Labute approximate surface area is 168 Å². The molecule has 0 unspecified atom stereocenters. The molecule has 2 aromatic rings. The van der Waals surface area contributed by atoms with Crippen molar-refractivity contribution in [2.45, 2.75) is 12.8 Å². The quantitative estimate of drug-likeness (QED) is 0.736. The van der Waals surface area contributed by atoms with Gasteiger partial charge >= 0.3 is 5.97 Å². The first-order valence-electron chi connectivity index (χ1n) is 9.56. The lowest BCUT2D eigenvalue weighted by Gasteiger charge is -2.27. The fourth-order valence-corrected chi connectivity index (χ4v) is 4.62. The number of methoxy groups -OCH3 is 3. The summed E-state index contributed by atoms with van der Waals surface area (Å²) in [6, 6.07) is 5.92. The van der Waals surface area contributed by atoms with Crippen LogP contribution in [0.2, 0.25) is 0 Å². The third-order valence-corrected chi connectivity index (χ3v) is 6.01. The normalized spacial score (nSPS) is 21.3. The standard InChI is InChI=1S/C22H22O7/c1-24-18-7-12-5-15-13(9-27-22(15)23)4-11-6-16-17(29-10-28-16)8-14(11)19(12)21(26-3)20(18)25-2/h6-8,13,15H,4-5,9-10H2,1-3H3/t13-,15-/m0/s1. The van der Waals surface area contributed by atoms with Gasteiger partial charge in [0, 0.05) is 11.5 Å². The van der Waals surface area contributed by atoms with E-state index in [4.69, 9.17) is 28.4 Å². The SMILES string of the molecule is COc1cc2c(c(OC)c1OC)-c1cc3c(cc1C[C@H]1COC(=O)[C@H]1C2)OCO3. The van der Waals surface area contributed by atoms with Gasteiger partial charge in [-0.25, -0.2) is 0 Å². The van der Waals surface area contributed by atoms with E-state index < -0.39 is 0 Å². The summed E-state index contributed by atoms with van der Waals surface area (Å²) in [7, 11) is 4.78. The van der Waals surface area contributed by atoms with Crippen LogP contribution in [0.1, 0.15) is 11.1 Å². The molecule has 2 aliphatic heterocycles. The summed E-state index contributed by atoms with van der Waals surface area (Å²) >= 11 is 0. The summed E-state index contributed by atoms with van der Waals surface area (Å²) in [6.45, 7) is 0.624. The fourth-order valence-electron chi connectivity index (χ4n) is 4.62. The van der Waals surface area contributed by atoms with Gasteiger partial charge < -0.3 is 28.4 Å². The van der Waals surface area contributed by atoms with Gasteiger partial charge in [-0.1, -0.05) is 0 Å². The van der Waals surface area contributed by atoms with Gasteiger partial charge in [0.15, 0.2) is 23.0 Å². The van der Waals surface area contributed by atoms with E-state index >= 15 is 0 Å². The number of hydrogen-bond donors (Lipinski definition) is 0. The summed E-state index contributed by atoms with van der Waals surface area (Å²) in [4.78, 5) is 12.5. The van der Waals surface area contributed by atoms with Crippen LogP contribution in [0.25, 0.3) is 11.1 Å². The molecule has 2 aromatic carbocycles. The molecule has 5 rings (SSSR count). The number of esters is 1. The predicted molar refractivity (Wildman–Crippen MR) is 103 cm³/mol. The molecule has 0 amide bonds. The third kappa shape index (κ3) is 2.68. The number of carbonyl (C=O) groups excluding carboxylic acids is 1. The van der Waals surface area contributed by atoms with Crippen molar-refractivity contribution in [2.24, 2.45) is 11.8 Å². The lowest BCUT2D eigenvalue weighted by Crippen LogP contribution is -2.23. The van der Waals surface area contributed by atoms with Crippen LogP contribution in [0, 0.1) is 11.8 Å². The Kier molecular flexibility index (Phi) is 4.19. The van der Waals surface area contributed by atoms with Crippen molar-refractivity contribution in [3.63, 3.8) is 0 Å². The van der Waals surface area contributed by atoms with E-state index in [2.05, 4.69) is 0 Å². The highest BCUT2D eigenvalue weighted by Gasteiger charge is 2.40. The molecular weight excluding hydrogens is 376 g/mol. The Morgan fingerprint density at radius 3 is 2.34 bits per heavy atom. The van der Waals surface area contributed by atoms with Gasteiger partial charge in [-0.2, -0.15) is 0 Å². The van der Waals surface area contributed by atoms with Gasteiger partial charge in [0.2, 0.25) is 12.5 Å². The average molecular weight is 398 g/mol. The van der Waals surface area contributed by atoms with Crippen molar-refractivity contribution in [1.82, 2.24) is 0 Å². The molecule has 2 heterocycles. The van der Waals surface area contributed by atoms with Crippen molar-refractivity contribution in [2.75, 3.05) is 34.7 Å². The topological polar surface area (TPSA) is 72.5 Å². The van der Waals surface area contributed by atoms with Crippen molar-refractivity contribution >= 4 is 5.97 Å². The largest absolute Gasteiger partial charge is 0.493 e. The van der Waals surface area contributed by atoms with E-state index in [9.17, 15) is 4.79 Å². The molecule has 1 aliphatic carbocycles. The minimum absolute atomic E-state index is 0.105. The van der Waals surface area contributed by atoms with Crippen LogP contribution < -0.4 is 23.7 Å². The highest BCUT2D eigenvalue weighted by Crippen LogP contribution is 2.52. The van der Waals surface area contributed by atoms with E-state index in [-0.39, 0.29) is 24.6 Å². The number of fused-ring (bicyclic) bond motifs is 5. The van der Waals surface area contributed by atoms with Crippen LogP contribution in [0.15, 0.2) is 18.2 Å². The maximum atomic E-state index is 12.5. The zero-order chi connectivity index (χ0) is 20.1. The second-order valence-electron chi connectivity index (χ2n) is 7.45. The molecule has 1 saturated heterocycles. The Bertz CT molecular complexity index is 997. The first-order valence-corrected chi connectivity index (χ1v) is 9.56. The van der Waals surface area contributed by atoms with Gasteiger partial charge in [-0.3, -0.25) is 4.79 Å². The molecule has 29 heavy (non-hydrogen) atoms. The molecule has 0 radical (unpaired) electrons. The highest BCUT2D eigenvalue weighted by atomic mass is 16.7. The maximum absolute atomic E-state index is 12.5. The molecular formula is C22H22O7. The van der Waals surface area contributed by atoms with E-state index in [0.717, 1.165) is 22.3 Å². The molecule has 0 N–H and O–H groups in total. The zero-order valence-electron chi connectivity index (χ0n) is 16.6. The van der Waals surface area contributed by atoms with E-state index in [1.165, 1.54) is 0 Å². The Morgan fingerprint density at radius 1 is 0.862 bits per heavy atom. The molecule has 0 saturated carbocycles. The maximum Gasteiger partial charge on any atom is 0.309 e. The predicted octanol–water partition coefficient (Wildman–Crippen LogP) is 3.00. The molecule has 2 atom stereocenters. The van der Waals surface area contributed by atoms with Crippen LogP contribution in [0.5, 0.6) is 28.7 Å². The lowest BCUT2D eigenvalue weighted by atomic mass is 9.77. The van der Waals surface area contributed by atoms with Crippen molar-refractivity contribution in [3.8, 4) is 39.9 Å². The molecule has 3 aliphatic rings. The van der Waals surface area contributed by atoms with Crippen molar-refractivity contribution in [3.05, 3.63) is 29.3 Å². The van der Waals surface area contributed by atoms with Gasteiger partial charge in [0.25, 0.3) is 0 Å². The summed E-state index contributed by atoms with van der Waals surface area (Å²) in [6.07, 6.45) is 1.25. The van der Waals surface area contributed by atoms with E-state index in [1.54, 1.807) is 21.3 Å². The number of cyclic esters (lactones) is 1. The average Bonchev–Trinajstić information content (AvgIpc) is 3.31. The molecule has 0 bridgehead atoms. The third-order valence-electron chi connectivity index (χ3n) is 6.01. The van der Waals surface area contributed by atoms with Gasteiger partial charge in [0.05, 0.1) is 33.9 Å². The van der Waals surface area contributed by atoms with Crippen LogP contribution in [0.3, 0.4) is 0 Å². The van der Waals surface area contributed by atoms with Crippen LogP contribution in [-0.4, -0.2) is 40.7 Å². The minimum atomic E-state index is -0.213. The molecule has 7 nitrogen and oxygen atoms in total. The number of ether oxygens (including phenoxy) is 6. The van der Waals surface area contributed by atoms with E-state index in [0.29, 0.717) is 48.2 Å². The monoisotopic (exact) mass is 398 g/mol. The van der Waals surface area contributed by atoms with Gasteiger partial charge in [-0.15, -0.1) is 0 Å². The fraction of sp³-hybridized carbons (Fsp3) is 0.409. The molecule has 1 fully saturated rings. The van der Waals surface area contributed by atoms with Crippen LogP contribution >= 0.6 is 0 Å². The summed E-state index contributed by atoms with van der Waals surface area (Å²) in [5.41, 5.74) is 3.89. The first-order chi connectivity index (χ1) is 14.1. The second kappa shape index (κ2) is 6.76. The van der Waals surface area contributed by atoms with Gasteiger partial charge in [0.1, 0.15) is 0 Å². The highest BCUT2D eigenvalue weighted by molar-refractivity contribution is 5.85. The summed E-state index contributed by atoms with van der Waals surface area (Å²) in [5, 5.41) is 0. The number of carbonyl (C=O) groups is 1. The molecule has 0 aromatic heterocycles. The first kappa shape index (κ1) is 18.0. The van der Waals surface area contributed by atoms with Crippen molar-refractivity contribution in [1.29, 1.82) is 0 Å². The van der Waals surface area contributed by atoms with Crippen LogP contribution in [-0.2, 0) is 22.4 Å². The minimum Gasteiger partial charge on any atom is -0.493 e. The Balaban J connectivity index is 1.81. The lowest BCUT2D eigenvalue weighted by molar-refractivity contribution is -0.141.